The Morgan fingerprint density at radius 3 is 2.57 bits per heavy atom. The maximum absolute atomic E-state index is 13.5. The molecule has 1 aromatic heterocycles. The van der Waals surface area contributed by atoms with Crippen molar-refractivity contribution in [2.24, 2.45) is 11.7 Å². The number of carbonyl (C=O) groups excluding carboxylic acids is 1. The highest BCUT2D eigenvalue weighted by molar-refractivity contribution is 9.10. The van der Waals surface area contributed by atoms with Gasteiger partial charge in [0.25, 0.3) is 0 Å². The van der Waals surface area contributed by atoms with E-state index in [1.165, 1.54) is 11.1 Å². The third-order valence-corrected chi connectivity index (χ3v) is 3.36. The van der Waals surface area contributed by atoms with E-state index in [0.29, 0.717) is 12.1 Å². The number of anilines is 1. The first-order chi connectivity index (χ1) is 11.0. The molecule has 0 unspecified atom stereocenters. The molecule has 0 atom stereocenters. The van der Waals surface area contributed by atoms with E-state index in [-0.39, 0.29) is 5.82 Å². The van der Waals surface area contributed by atoms with Gasteiger partial charge in [-0.1, -0.05) is 22.0 Å². The molecule has 2 aromatic rings. The Bertz CT molecular complexity index is 679. The SMILES string of the molecule is CN(N)c1cccc(Br)c1/C=C/c1ncccc1F.NNC=O. The van der Waals surface area contributed by atoms with Crippen molar-refractivity contribution in [3.8, 4) is 0 Å². The average Bonchev–Trinajstić information content (AvgIpc) is 2.55. The number of hydrogen-bond donors (Lipinski definition) is 3. The molecule has 1 heterocycles. The van der Waals surface area contributed by atoms with Crippen LogP contribution in [0.1, 0.15) is 11.3 Å². The van der Waals surface area contributed by atoms with Gasteiger partial charge in [-0.2, -0.15) is 0 Å². The molecule has 0 fully saturated rings. The standard InChI is InChI=1S/C14H13BrFN3.CH4N2O/c1-19(17)14-6-2-4-11(15)10(14)7-8-13-12(16)5-3-9-18-13;2-3-1-4/h2-9H,17H2,1H3;1H,2H2,(H,3,4)/b8-7+;. The lowest BCUT2D eigenvalue weighted by atomic mass is 10.1. The summed E-state index contributed by atoms with van der Waals surface area (Å²) in [6, 6.07) is 8.62. The van der Waals surface area contributed by atoms with Crippen molar-refractivity contribution in [1.82, 2.24) is 10.4 Å². The number of hydrazine groups is 2. The molecule has 8 heteroatoms. The van der Waals surface area contributed by atoms with Gasteiger partial charge in [0.1, 0.15) is 5.82 Å². The summed E-state index contributed by atoms with van der Waals surface area (Å²) in [5, 5.41) is 1.51. The van der Waals surface area contributed by atoms with E-state index in [2.05, 4.69) is 26.8 Å². The highest BCUT2D eigenvalue weighted by atomic mass is 79.9. The van der Waals surface area contributed by atoms with E-state index >= 15 is 0 Å². The number of pyridine rings is 1. The van der Waals surface area contributed by atoms with Crippen LogP contribution in [0.2, 0.25) is 0 Å². The number of nitrogens with two attached hydrogens (primary N) is 2. The molecular formula is C15H17BrFN5O. The van der Waals surface area contributed by atoms with Gasteiger partial charge < -0.3 is 5.01 Å². The molecule has 2 rings (SSSR count). The quantitative estimate of drug-likeness (QED) is 0.326. The lowest BCUT2D eigenvalue weighted by molar-refractivity contribution is -0.109. The van der Waals surface area contributed by atoms with Gasteiger partial charge in [0.2, 0.25) is 6.41 Å². The van der Waals surface area contributed by atoms with E-state index in [0.717, 1.165) is 15.7 Å². The van der Waals surface area contributed by atoms with Crippen LogP contribution in [0.5, 0.6) is 0 Å². The summed E-state index contributed by atoms with van der Waals surface area (Å²) in [4.78, 5) is 12.9. The molecule has 1 amide bonds. The molecule has 0 aliphatic rings. The molecular weight excluding hydrogens is 365 g/mol. The Balaban J connectivity index is 0.000000593. The molecule has 6 nitrogen and oxygen atoms in total. The molecule has 0 aliphatic heterocycles. The van der Waals surface area contributed by atoms with Crippen molar-refractivity contribution in [3.63, 3.8) is 0 Å². The number of rotatable bonds is 4. The first-order valence-electron chi connectivity index (χ1n) is 6.46. The highest BCUT2D eigenvalue weighted by Crippen LogP contribution is 2.28. The number of nitrogens with one attached hydrogen (secondary N) is 1. The minimum absolute atomic E-state index is 0.295. The monoisotopic (exact) mass is 381 g/mol. The van der Waals surface area contributed by atoms with Crippen LogP contribution in [0.25, 0.3) is 12.2 Å². The third-order valence-electron chi connectivity index (χ3n) is 2.67. The molecule has 0 radical (unpaired) electrons. The zero-order valence-corrected chi connectivity index (χ0v) is 14.0. The van der Waals surface area contributed by atoms with Crippen LogP contribution < -0.4 is 22.1 Å². The summed E-state index contributed by atoms with van der Waals surface area (Å²) in [7, 11) is 1.75. The fourth-order valence-electron chi connectivity index (χ4n) is 1.68. The second-order valence-corrected chi connectivity index (χ2v) is 5.13. The first kappa shape index (κ1) is 18.8. The second kappa shape index (κ2) is 9.67. The van der Waals surface area contributed by atoms with Crippen LogP contribution in [-0.4, -0.2) is 18.4 Å². The Hall–Kier alpha value is -2.29. The molecule has 0 bridgehead atoms. The lowest BCUT2D eigenvalue weighted by Gasteiger charge is -2.16. The molecule has 1 aromatic carbocycles. The summed E-state index contributed by atoms with van der Waals surface area (Å²) in [6.45, 7) is 0. The van der Waals surface area contributed by atoms with Gasteiger partial charge in [0.05, 0.1) is 11.4 Å². The number of nitrogens with zero attached hydrogens (tertiary/aromatic N) is 2. The molecule has 5 N–H and O–H groups in total. The number of amides is 1. The molecule has 0 aliphatic carbocycles. The van der Waals surface area contributed by atoms with Gasteiger partial charge in [0, 0.05) is 23.3 Å². The smallest absolute Gasteiger partial charge is 0.221 e. The van der Waals surface area contributed by atoms with Crippen molar-refractivity contribution in [3.05, 3.63) is 58.1 Å². The van der Waals surface area contributed by atoms with Crippen LogP contribution in [0.3, 0.4) is 0 Å². The number of halogens is 2. The maximum atomic E-state index is 13.5. The largest absolute Gasteiger partial charge is 0.313 e. The lowest BCUT2D eigenvalue weighted by Crippen LogP contribution is -2.25. The Morgan fingerprint density at radius 2 is 2.00 bits per heavy atom. The number of hydrogen-bond acceptors (Lipinski definition) is 5. The normalized spacial score (nSPS) is 9.96. The summed E-state index contributed by atoms with van der Waals surface area (Å²) in [6.07, 6.45) is 5.37. The fraction of sp³-hybridized carbons (Fsp3) is 0.0667. The van der Waals surface area contributed by atoms with Crippen LogP contribution in [0, 0.1) is 5.82 Å². The van der Waals surface area contributed by atoms with Gasteiger partial charge in [-0.25, -0.2) is 16.1 Å². The Labute approximate surface area is 142 Å². The molecule has 122 valence electrons. The number of carbonyl (C=O) groups is 1. The van der Waals surface area contributed by atoms with Crippen LogP contribution in [0.4, 0.5) is 10.1 Å². The highest BCUT2D eigenvalue weighted by Gasteiger charge is 2.06. The summed E-state index contributed by atoms with van der Waals surface area (Å²) in [5.74, 6) is 9.83. The van der Waals surface area contributed by atoms with E-state index in [1.54, 1.807) is 36.9 Å². The zero-order valence-electron chi connectivity index (χ0n) is 12.4. The molecule has 0 spiro atoms. The van der Waals surface area contributed by atoms with Crippen LogP contribution in [-0.2, 0) is 4.79 Å². The Kier molecular flexibility index (Phi) is 7.89. The summed E-state index contributed by atoms with van der Waals surface area (Å²) in [5.41, 5.74) is 3.75. The first-order valence-corrected chi connectivity index (χ1v) is 7.25. The van der Waals surface area contributed by atoms with Crippen molar-refractivity contribution in [1.29, 1.82) is 0 Å². The molecule has 0 saturated carbocycles. The summed E-state index contributed by atoms with van der Waals surface area (Å²) >= 11 is 3.46. The average molecular weight is 382 g/mol. The topological polar surface area (TPSA) is 97.3 Å². The van der Waals surface area contributed by atoms with E-state index < -0.39 is 0 Å². The molecule has 23 heavy (non-hydrogen) atoms. The van der Waals surface area contributed by atoms with Crippen molar-refractivity contribution in [2.75, 3.05) is 12.1 Å². The van der Waals surface area contributed by atoms with Gasteiger partial charge >= 0.3 is 0 Å². The van der Waals surface area contributed by atoms with E-state index in [4.69, 9.17) is 10.6 Å². The summed E-state index contributed by atoms with van der Waals surface area (Å²) < 4.78 is 14.4. The third kappa shape index (κ3) is 5.78. The van der Waals surface area contributed by atoms with Crippen LogP contribution in [0.15, 0.2) is 41.0 Å². The van der Waals surface area contributed by atoms with Gasteiger partial charge in [-0.15, -0.1) is 0 Å². The van der Waals surface area contributed by atoms with Gasteiger partial charge in [0.15, 0.2) is 0 Å². The van der Waals surface area contributed by atoms with Crippen molar-refractivity contribution < 1.29 is 9.18 Å². The number of aromatic nitrogens is 1. The van der Waals surface area contributed by atoms with Gasteiger partial charge in [-0.05, 0) is 36.4 Å². The van der Waals surface area contributed by atoms with E-state index in [9.17, 15) is 4.39 Å². The minimum Gasteiger partial charge on any atom is -0.313 e. The minimum atomic E-state index is -0.353. The maximum Gasteiger partial charge on any atom is 0.221 e. The van der Waals surface area contributed by atoms with Crippen LogP contribution >= 0.6 is 15.9 Å². The predicted octanol–water partition coefficient (Wildman–Crippen LogP) is 2.07. The van der Waals surface area contributed by atoms with E-state index in [1.807, 2.05) is 18.2 Å². The van der Waals surface area contributed by atoms with Crippen molar-refractivity contribution >= 4 is 40.2 Å². The number of benzene rings is 1. The Morgan fingerprint density at radius 1 is 1.30 bits per heavy atom. The van der Waals surface area contributed by atoms with Crippen molar-refractivity contribution in [2.45, 2.75) is 0 Å². The molecule has 0 saturated heterocycles. The second-order valence-electron chi connectivity index (χ2n) is 4.27. The predicted molar refractivity (Wildman–Crippen MR) is 93.2 cm³/mol. The van der Waals surface area contributed by atoms with Gasteiger partial charge in [-0.3, -0.25) is 15.2 Å². The zero-order chi connectivity index (χ0) is 17.2. The fourth-order valence-corrected chi connectivity index (χ4v) is 2.17.